The van der Waals surface area contributed by atoms with Gasteiger partial charge in [0, 0.05) is 32.3 Å². The van der Waals surface area contributed by atoms with Gasteiger partial charge in [0.1, 0.15) is 24.4 Å². The molecule has 116 valence electrons. The van der Waals surface area contributed by atoms with E-state index in [4.69, 9.17) is 18.9 Å². The summed E-state index contributed by atoms with van der Waals surface area (Å²) in [6.45, 7) is 3.65. The Kier molecular flexibility index (Phi) is 7.50. The molecule has 1 aromatic rings. The van der Waals surface area contributed by atoms with Crippen LogP contribution in [-0.2, 0) is 20.7 Å². The average Bonchev–Trinajstić information content (AvgIpc) is 2.47. The zero-order valence-corrected chi connectivity index (χ0v) is 12.9. The van der Waals surface area contributed by atoms with Gasteiger partial charge in [-0.3, -0.25) is 0 Å². The molecule has 0 heterocycles. The van der Waals surface area contributed by atoms with Gasteiger partial charge in [-0.1, -0.05) is 11.6 Å². The summed E-state index contributed by atoms with van der Waals surface area (Å²) in [6, 6.07) is 5.27. The SMILES string of the molecule is COC(OC)Oc1ccc(CC=O)c(OCC=C(C)C)c1. The van der Waals surface area contributed by atoms with Gasteiger partial charge in [-0.2, -0.15) is 0 Å². The van der Waals surface area contributed by atoms with Crippen molar-refractivity contribution in [2.75, 3.05) is 20.8 Å². The molecular weight excluding hydrogens is 272 g/mol. The van der Waals surface area contributed by atoms with Gasteiger partial charge in [0.25, 0.3) is 0 Å². The van der Waals surface area contributed by atoms with Crippen LogP contribution in [0.25, 0.3) is 0 Å². The molecule has 21 heavy (non-hydrogen) atoms. The van der Waals surface area contributed by atoms with Crippen molar-refractivity contribution in [1.82, 2.24) is 0 Å². The quantitative estimate of drug-likeness (QED) is 0.398. The van der Waals surface area contributed by atoms with Gasteiger partial charge in [0.05, 0.1) is 0 Å². The summed E-state index contributed by atoms with van der Waals surface area (Å²) < 4.78 is 21.1. The number of methoxy groups -OCH3 is 2. The maximum absolute atomic E-state index is 10.7. The van der Waals surface area contributed by atoms with Crippen LogP contribution in [0, 0.1) is 0 Å². The van der Waals surface area contributed by atoms with E-state index in [1.807, 2.05) is 19.9 Å². The molecule has 1 rings (SSSR count). The first-order chi connectivity index (χ1) is 10.1. The Hall–Kier alpha value is -1.85. The highest BCUT2D eigenvalue weighted by atomic mass is 16.8. The van der Waals surface area contributed by atoms with E-state index >= 15 is 0 Å². The van der Waals surface area contributed by atoms with Crippen molar-refractivity contribution in [2.24, 2.45) is 0 Å². The molecule has 0 spiro atoms. The summed E-state index contributed by atoms with van der Waals surface area (Å²) >= 11 is 0. The third kappa shape index (κ3) is 5.97. The second-order valence-electron chi connectivity index (χ2n) is 4.61. The molecule has 0 unspecified atom stereocenters. The highest BCUT2D eigenvalue weighted by Gasteiger charge is 2.10. The fourth-order valence-corrected chi connectivity index (χ4v) is 1.60. The van der Waals surface area contributed by atoms with Gasteiger partial charge >= 0.3 is 6.48 Å². The molecule has 5 nitrogen and oxygen atoms in total. The van der Waals surface area contributed by atoms with E-state index in [1.54, 1.807) is 18.2 Å². The number of rotatable bonds is 9. The Balaban J connectivity index is 2.88. The molecule has 0 atom stereocenters. The van der Waals surface area contributed by atoms with Crippen molar-refractivity contribution in [1.29, 1.82) is 0 Å². The standard InChI is InChI=1S/C16H22O5/c1-12(2)8-10-20-15-11-14(21-16(18-3)19-4)6-5-13(15)7-9-17/h5-6,8-9,11,16H,7,10H2,1-4H3. The van der Waals surface area contributed by atoms with E-state index in [-0.39, 0.29) is 0 Å². The van der Waals surface area contributed by atoms with Crippen LogP contribution in [0.5, 0.6) is 11.5 Å². The molecule has 0 radical (unpaired) electrons. The molecular formula is C16H22O5. The summed E-state index contributed by atoms with van der Waals surface area (Å²) in [4.78, 5) is 10.7. The summed E-state index contributed by atoms with van der Waals surface area (Å²) in [6.07, 6.45) is 3.10. The molecule has 0 aliphatic heterocycles. The number of hydrogen-bond acceptors (Lipinski definition) is 5. The summed E-state index contributed by atoms with van der Waals surface area (Å²) in [7, 11) is 2.97. The summed E-state index contributed by atoms with van der Waals surface area (Å²) in [5.41, 5.74) is 1.98. The van der Waals surface area contributed by atoms with Crippen molar-refractivity contribution < 1.29 is 23.7 Å². The number of benzene rings is 1. The van der Waals surface area contributed by atoms with E-state index < -0.39 is 6.48 Å². The van der Waals surface area contributed by atoms with E-state index in [9.17, 15) is 4.79 Å². The molecule has 0 aliphatic carbocycles. The third-order valence-electron chi connectivity index (χ3n) is 2.69. The Bertz CT molecular complexity index is 474. The van der Waals surface area contributed by atoms with E-state index in [0.29, 0.717) is 24.5 Å². The smallest absolute Gasteiger partial charge is 0.315 e. The lowest BCUT2D eigenvalue weighted by molar-refractivity contribution is -0.219. The van der Waals surface area contributed by atoms with Crippen LogP contribution in [0.2, 0.25) is 0 Å². The van der Waals surface area contributed by atoms with Gasteiger partial charge in [0.2, 0.25) is 0 Å². The van der Waals surface area contributed by atoms with Crippen LogP contribution >= 0.6 is 0 Å². The fraction of sp³-hybridized carbons (Fsp3) is 0.438. The fourth-order valence-electron chi connectivity index (χ4n) is 1.60. The second-order valence-corrected chi connectivity index (χ2v) is 4.61. The molecule has 0 amide bonds. The molecule has 0 aliphatic rings. The normalized spacial score (nSPS) is 10.3. The molecule has 1 aromatic carbocycles. The van der Waals surface area contributed by atoms with Crippen molar-refractivity contribution >= 4 is 6.29 Å². The molecule has 0 fully saturated rings. The minimum Gasteiger partial charge on any atom is -0.489 e. The third-order valence-corrected chi connectivity index (χ3v) is 2.69. The molecule has 0 saturated heterocycles. The van der Waals surface area contributed by atoms with Crippen molar-refractivity contribution in [2.45, 2.75) is 26.7 Å². The van der Waals surface area contributed by atoms with Crippen LogP contribution in [0.15, 0.2) is 29.8 Å². The van der Waals surface area contributed by atoms with Crippen molar-refractivity contribution in [3.8, 4) is 11.5 Å². The largest absolute Gasteiger partial charge is 0.489 e. The molecule has 5 heteroatoms. The minimum atomic E-state index is -0.785. The number of carbonyl (C=O) groups is 1. The van der Waals surface area contributed by atoms with Crippen molar-refractivity contribution in [3.05, 3.63) is 35.4 Å². The number of allylic oxidation sites excluding steroid dienone is 1. The van der Waals surface area contributed by atoms with Crippen molar-refractivity contribution in [3.63, 3.8) is 0 Å². The van der Waals surface area contributed by atoms with E-state index in [1.165, 1.54) is 14.2 Å². The zero-order chi connectivity index (χ0) is 15.7. The first kappa shape index (κ1) is 17.2. The van der Waals surface area contributed by atoms with Gasteiger partial charge in [-0.05, 0) is 26.0 Å². The number of hydrogen-bond donors (Lipinski definition) is 0. The highest BCUT2D eigenvalue weighted by molar-refractivity contribution is 5.58. The predicted octanol–water partition coefficient (Wildman–Crippen LogP) is 2.73. The summed E-state index contributed by atoms with van der Waals surface area (Å²) in [5, 5.41) is 0. The topological polar surface area (TPSA) is 54.0 Å². The van der Waals surface area contributed by atoms with Gasteiger partial charge in [0.15, 0.2) is 0 Å². The first-order valence-electron chi connectivity index (χ1n) is 6.65. The highest BCUT2D eigenvalue weighted by Crippen LogP contribution is 2.26. The molecule has 0 bridgehead atoms. The Morgan fingerprint density at radius 2 is 1.95 bits per heavy atom. The van der Waals surface area contributed by atoms with E-state index in [2.05, 4.69) is 0 Å². The van der Waals surface area contributed by atoms with E-state index in [0.717, 1.165) is 17.4 Å². The lowest BCUT2D eigenvalue weighted by Crippen LogP contribution is -2.20. The number of aldehydes is 1. The number of carbonyl (C=O) groups excluding carboxylic acids is 1. The Morgan fingerprint density at radius 3 is 2.52 bits per heavy atom. The molecule has 0 N–H and O–H groups in total. The first-order valence-corrected chi connectivity index (χ1v) is 6.65. The lowest BCUT2D eigenvalue weighted by atomic mass is 10.1. The predicted molar refractivity (Wildman–Crippen MR) is 79.6 cm³/mol. The second kappa shape index (κ2) is 9.15. The van der Waals surface area contributed by atoms with Gasteiger partial charge in [-0.25, -0.2) is 0 Å². The molecule has 0 saturated carbocycles. The van der Waals surface area contributed by atoms with Gasteiger partial charge in [-0.15, -0.1) is 0 Å². The van der Waals surface area contributed by atoms with Crippen LogP contribution in [-0.4, -0.2) is 33.6 Å². The van der Waals surface area contributed by atoms with Crippen LogP contribution in [0.4, 0.5) is 0 Å². The maximum atomic E-state index is 10.7. The zero-order valence-electron chi connectivity index (χ0n) is 12.9. The maximum Gasteiger partial charge on any atom is 0.315 e. The number of ether oxygens (including phenoxy) is 4. The van der Waals surface area contributed by atoms with Crippen LogP contribution < -0.4 is 9.47 Å². The monoisotopic (exact) mass is 294 g/mol. The van der Waals surface area contributed by atoms with Crippen LogP contribution in [0.1, 0.15) is 19.4 Å². The lowest BCUT2D eigenvalue weighted by Gasteiger charge is -2.17. The molecule has 0 aromatic heterocycles. The Labute approximate surface area is 125 Å². The summed E-state index contributed by atoms with van der Waals surface area (Å²) in [5.74, 6) is 1.16. The van der Waals surface area contributed by atoms with Crippen LogP contribution in [0.3, 0.4) is 0 Å². The average molecular weight is 294 g/mol. The minimum absolute atomic E-state index is 0.294. The Morgan fingerprint density at radius 1 is 1.24 bits per heavy atom. The van der Waals surface area contributed by atoms with Gasteiger partial charge < -0.3 is 23.7 Å².